The van der Waals surface area contributed by atoms with E-state index >= 15 is 0 Å². The molecule has 0 atom stereocenters. The normalized spacial score (nSPS) is 15.2. The van der Waals surface area contributed by atoms with Crippen LogP contribution in [-0.2, 0) is 13.0 Å². The molecule has 1 saturated heterocycles. The maximum Gasteiger partial charge on any atom is 0.191 e. The highest BCUT2D eigenvalue weighted by atomic mass is 127. The Kier molecular flexibility index (Phi) is 9.39. The third kappa shape index (κ3) is 6.85. The predicted molar refractivity (Wildman–Crippen MR) is 128 cm³/mol. The molecule has 3 rings (SSSR count). The lowest BCUT2D eigenvalue weighted by molar-refractivity contribution is 0.312. The quantitative estimate of drug-likeness (QED) is 0.349. The van der Waals surface area contributed by atoms with E-state index in [1.54, 1.807) is 18.4 Å². The molecular formula is C19H30IN7S. The molecular weight excluding hydrogens is 485 g/mol. The van der Waals surface area contributed by atoms with Gasteiger partial charge in [0.25, 0.3) is 0 Å². The third-order valence-corrected chi connectivity index (χ3v) is 5.48. The summed E-state index contributed by atoms with van der Waals surface area (Å²) in [5.74, 6) is 1.86. The van der Waals surface area contributed by atoms with Gasteiger partial charge in [-0.1, -0.05) is 6.07 Å². The van der Waals surface area contributed by atoms with E-state index in [1.807, 2.05) is 13.1 Å². The van der Waals surface area contributed by atoms with Crippen LogP contribution in [0.25, 0.3) is 0 Å². The molecule has 0 aromatic carbocycles. The van der Waals surface area contributed by atoms with Gasteiger partial charge in [-0.05, 0) is 25.6 Å². The van der Waals surface area contributed by atoms with Gasteiger partial charge in [-0.3, -0.25) is 4.99 Å². The lowest BCUT2D eigenvalue weighted by Crippen LogP contribution is -2.44. The zero-order chi connectivity index (χ0) is 19.1. The van der Waals surface area contributed by atoms with Crippen molar-refractivity contribution in [2.45, 2.75) is 19.9 Å². The fraction of sp³-hybridized carbons (Fsp3) is 0.526. The van der Waals surface area contributed by atoms with Gasteiger partial charge in [0.1, 0.15) is 5.82 Å². The molecule has 0 aliphatic carbocycles. The Labute approximate surface area is 188 Å². The number of pyridine rings is 1. The molecule has 2 aromatic rings. The first kappa shape index (κ1) is 22.8. The van der Waals surface area contributed by atoms with E-state index in [-0.39, 0.29) is 24.0 Å². The highest BCUT2D eigenvalue weighted by Gasteiger charge is 2.14. The standard InChI is InChI=1S/C19H29N7S.HI/c1-15-24-17(14-27-15)6-7-21-19(20-2)23-13-16-4-5-18(22-12-16)26-10-8-25(3)9-11-26;/h4-5,12,14H,6-11,13H2,1-3H3,(H2,20,21,23);1H. The van der Waals surface area contributed by atoms with E-state index in [0.29, 0.717) is 6.54 Å². The first-order valence-corrected chi connectivity index (χ1v) is 10.3. The summed E-state index contributed by atoms with van der Waals surface area (Å²) in [6.07, 6.45) is 2.85. The number of rotatable bonds is 6. The summed E-state index contributed by atoms with van der Waals surface area (Å²) in [5.41, 5.74) is 2.27. The maximum absolute atomic E-state index is 4.64. The molecule has 7 nitrogen and oxygen atoms in total. The summed E-state index contributed by atoms with van der Waals surface area (Å²) in [6, 6.07) is 4.25. The number of aromatic nitrogens is 2. The molecule has 0 amide bonds. The number of aliphatic imine (C=N–C) groups is 1. The Balaban J connectivity index is 0.00000280. The molecule has 1 fully saturated rings. The zero-order valence-corrected chi connectivity index (χ0v) is 20.0. The van der Waals surface area contributed by atoms with Crippen molar-refractivity contribution < 1.29 is 0 Å². The second-order valence-electron chi connectivity index (χ2n) is 6.78. The van der Waals surface area contributed by atoms with Crippen LogP contribution < -0.4 is 15.5 Å². The molecule has 0 radical (unpaired) electrons. The van der Waals surface area contributed by atoms with Crippen LogP contribution in [-0.4, -0.2) is 67.6 Å². The van der Waals surface area contributed by atoms with Gasteiger partial charge in [0.05, 0.1) is 10.7 Å². The van der Waals surface area contributed by atoms with E-state index in [0.717, 1.165) is 67.2 Å². The number of piperazine rings is 1. The molecule has 0 spiro atoms. The average Bonchev–Trinajstić information content (AvgIpc) is 3.11. The Bertz CT molecular complexity index is 739. The van der Waals surface area contributed by atoms with Crippen LogP contribution in [0.2, 0.25) is 0 Å². The van der Waals surface area contributed by atoms with Crippen molar-refractivity contribution >= 4 is 47.1 Å². The molecule has 9 heteroatoms. The second kappa shape index (κ2) is 11.5. The van der Waals surface area contributed by atoms with Crippen LogP contribution in [0.1, 0.15) is 16.3 Å². The molecule has 1 aliphatic heterocycles. The summed E-state index contributed by atoms with van der Waals surface area (Å²) < 4.78 is 0. The molecule has 28 heavy (non-hydrogen) atoms. The third-order valence-electron chi connectivity index (χ3n) is 4.66. The Morgan fingerprint density at radius 3 is 2.61 bits per heavy atom. The Morgan fingerprint density at radius 1 is 1.21 bits per heavy atom. The van der Waals surface area contributed by atoms with Gasteiger partial charge in [-0.15, -0.1) is 35.3 Å². The largest absolute Gasteiger partial charge is 0.356 e. The van der Waals surface area contributed by atoms with Crippen molar-refractivity contribution in [1.29, 1.82) is 0 Å². The maximum atomic E-state index is 4.64. The molecule has 1 aliphatic rings. The Morgan fingerprint density at radius 2 is 2.00 bits per heavy atom. The first-order valence-electron chi connectivity index (χ1n) is 9.38. The van der Waals surface area contributed by atoms with E-state index < -0.39 is 0 Å². The minimum Gasteiger partial charge on any atom is -0.356 e. The smallest absolute Gasteiger partial charge is 0.191 e. The van der Waals surface area contributed by atoms with Crippen molar-refractivity contribution in [1.82, 2.24) is 25.5 Å². The second-order valence-corrected chi connectivity index (χ2v) is 7.84. The molecule has 154 valence electrons. The van der Waals surface area contributed by atoms with Gasteiger partial charge >= 0.3 is 0 Å². The van der Waals surface area contributed by atoms with Crippen molar-refractivity contribution in [3.8, 4) is 0 Å². The van der Waals surface area contributed by atoms with Crippen molar-refractivity contribution in [2.75, 3.05) is 51.7 Å². The van der Waals surface area contributed by atoms with Crippen LogP contribution in [0, 0.1) is 6.92 Å². The number of guanidine groups is 1. The fourth-order valence-electron chi connectivity index (χ4n) is 2.98. The van der Waals surface area contributed by atoms with Crippen LogP contribution in [0.5, 0.6) is 0 Å². The highest BCUT2D eigenvalue weighted by Crippen LogP contribution is 2.13. The topological polar surface area (TPSA) is 68.7 Å². The number of halogens is 1. The molecule has 0 saturated carbocycles. The molecule has 0 unspecified atom stereocenters. The highest BCUT2D eigenvalue weighted by molar-refractivity contribution is 14.0. The Hall–Kier alpha value is -1.46. The summed E-state index contributed by atoms with van der Waals surface area (Å²) in [6.45, 7) is 7.80. The van der Waals surface area contributed by atoms with E-state index in [1.165, 1.54) is 0 Å². The van der Waals surface area contributed by atoms with Crippen LogP contribution in [0.15, 0.2) is 28.7 Å². The predicted octanol–water partition coefficient (Wildman–Crippen LogP) is 2.12. The van der Waals surface area contributed by atoms with Crippen molar-refractivity contribution in [2.24, 2.45) is 4.99 Å². The lowest BCUT2D eigenvalue weighted by atomic mass is 10.2. The van der Waals surface area contributed by atoms with Gasteiger partial charge in [0.15, 0.2) is 5.96 Å². The SMILES string of the molecule is CN=C(NCCc1csc(C)n1)NCc1ccc(N2CCN(C)CC2)nc1.I. The van der Waals surface area contributed by atoms with Gasteiger partial charge in [-0.25, -0.2) is 9.97 Å². The number of nitrogens with zero attached hydrogens (tertiary/aromatic N) is 5. The van der Waals surface area contributed by atoms with Crippen LogP contribution in [0.3, 0.4) is 0 Å². The number of aryl methyl sites for hydroxylation is 1. The van der Waals surface area contributed by atoms with Crippen molar-refractivity contribution in [3.05, 3.63) is 40.0 Å². The lowest BCUT2D eigenvalue weighted by Gasteiger charge is -2.33. The van der Waals surface area contributed by atoms with Crippen LogP contribution in [0.4, 0.5) is 5.82 Å². The average molecular weight is 515 g/mol. The van der Waals surface area contributed by atoms with E-state index in [4.69, 9.17) is 0 Å². The summed E-state index contributed by atoms with van der Waals surface area (Å²) >= 11 is 1.69. The number of anilines is 1. The molecule has 2 aromatic heterocycles. The van der Waals surface area contributed by atoms with Gasteiger partial charge in [-0.2, -0.15) is 0 Å². The minimum absolute atomic E-state index is 0. The summed E-state index contributed by atoms with van der Waals surface area (Å²) in [7, 11) is 3.95. The molecule has 0 bridgehead atoms. The zero-order valence-electron chi connectivity index (χ0n) is 16.8. The van der Waals surface area contributed by atoms with Crippen molar-refractivity contribution in [3.63, 3.8) is 0 Å². The molecule has 3 heterocycles. The summed E-state index contributed by atoms with van der Waals surface area (Å²) in [5, 5.41) is 9.90. The van der Waals surface area contributed by atoms with Gasteiger partial charge in [0.2, 0.25) is 0 Å². The number of hydrogen-bond donors (Lipinski definition) is 2. The number of likely N-dealkylation sites (N-methyl/N-ethyl adjacent to an activating group) is 1. The van der Waals surface area contributed by atoms with Crippen LogP contribution >= 0.6 is 35.3 Å². The van der Waals surface area contributed by atoms with Gasteiger partial charge < -0.3 is 20.4 Å². The molecule has 2 N–H and O–H groups in total. The number of nitrogens with one attached hydrogen (secondary N) is 2. The first-order chi connectivity index (χ1) is 13.1. The van der Waals surface area contributed by atoms with Gasteiger partial charge in [0, 0.05) is 64.3 Å². The monoisotopic (exact) mass is 515 g/mol. The van der Waals surface area contributed by atoms with E-state index in [9.17, 15) is 0 Å². The van der Waals surface area contributed by atoms with E-state index in [2.05, 4.69) is 60.0 Å². The summed E-state index contributed by atoms with van der Waals surface area (Å²) in [4.78, 5) is 18.1. The number of hydrogen-bond acceptors (Lipinski definition) is 6. The number of thiazole rings is 1. The minimum atomic E-state index is 0. The fourth-order valence-corrected chi connectivity index (χ4v) is 3.63.